The van der Waals surface area contributed by atoms with Gasteiger partial charge in [-0.3, -0.25) is 0 Å². The molecule has 0 saturated carbocycles. The fourth-order valence-electron chi connectivity index (χ4n) is 2.24. The molecule has 112 valence electrons. The van der Waals surface area contributed by atoms with Crippen LogP contribution in [-0.2, 0) is 10.0 Å². The number of rotatable bonds is 3. The Labute approximate surface area is 115 Å². The minimum atomic E-state index is -4.16. The molecule has 1 fully saturated rings. The third-order valence-corrected chi connectivity index (χ3v) is 5.27. The summed E-state index contributed by atoms with van der Waals surface area (Å²) in [6.45, 7) is 0.413. The highest BCUT2D eigenvalue weighted by atomic mass is 32.2. The van der Waals surface area contributed by atoms with Gasteiger partial charge in [0.25, 0.3) is 0 Å². The smallest absolute Gasteiger partial charge is 0.246 e. The summed E-state index contributed by atoms with van der Waals surface area (Å²) in [5.41, 5.74) is 0. The molecular formula is C12H15F3N2O2S. The first-order chi connectivity index (χ1) is 9.36. The Balaban J connectivity index is 2.37. The van der Waals surface area contributed by atoms with E-state index in [9.17, 15) is 21.6 Å². The highest BCUT2D eigenvalue weighted by molar-refractivity contribution is 7.89. The Kier molecular flexibility index (Phi) is 4.36. The van der Waals surface area contributed by atoms with Crippen molar-refractivity contribution >= 4 is 10.0 Å². The lowest BCUT2D eigenvalue weighted by Gasteiger charge is -2.31. The number of hydrogen-bond donors (Lipinski definition) is 1. The molecule has 1 heterocycles. The Morgan fingerprint density at radius 2 is 1.85 bits per heavy atom. The number of benzene rings is 1. The number of sulfonamides is 1. The van der Waals surface area contributed by atoms with Gasteiger partial charge in [-0.1, -0.05) is 0 Å². The average molecular weight is 308 g/mol. The Hall–Kier alpha value is -1.12. The molecule has 0 amide bonds. The van der Waals surface area contributed by atoms with Crippen molar-refractivity contribution < 1.29 is 21.6 Å². The van der Waals surface area contributed by atoms with Crippen molar-refractivity contribution in [2.75, 3.05) is 20.1 Å². The van der Waals surface area contributed by atoms with E-state index in [0.29, 0.717) is 12.5 Å². The maximum atomic E-state index is 13.6. The van der Waals surface area contributed by atoms with Crippen LogP contribution in [0.1, 0.15) is 12.8 Å². The molecule has 1 aliphatic heterocycles. The van der Waals surface area contributed by atoms with Crippen molar-refractivity contribution in [1.29, 1.82) is 0 Å². The molecule has 8 heteroatoms. The minimum absolute atomic E-state index is 0.0353. The zero-order valence-electron chi connectivity index (χ0n) is 10.9. The molecule has 1 unspecified atom stereocenters. The van der Waals surface area contributed by atoms with Crippen LogP contribution in [-0.4, -0.2) is 38.9 Å². The van der Waals surface area contributed by atoms with E-state index >= 15 is 0 Å². The number of hydrogen-bond acceptors (Lipinski definition) is 3. The maximum absolute atomic E-state index is 13.6. The molecule has 0 aromatic heterocycles. The SMILES string of the molecule is CNC1CCCN(S(=O)(=O)c2cc(F)c(F)cc2F)C1. The number of nitrogens with one attached hydrogen (secondary N) is 1. The van der Waals surface area contributed by atoms with E-state index in [2.05, 4.69) is 5.32 Å². The van der Waals surface area contributed by atoms with Gasteiger partial charge in [-0.15, -0.1) is 0 Å². The van der Waals surface area contributed by atoms with E-state index in [1.807, 2.05) is 0 Å². The number of nitrogens with zero attached hydrogens (tertiary/aromatic N) is 1. The van der Waals surface area contributed by atoms with Crippen LogP contribution >= 0.6 is 0 Å². The average Bonchev–Trinajstić information content (AvgIpc) is 2.42. The van der Waals surface area contributed by atoms with Crippen LogP contribution in [0.5, 0.6) is 0 Å². The van der Waals surface area contributed by atoms with E-state index < -0.39 is 32.4 Å². The molecule has 0 spiro atoms. The second-order valence-electron chi connectivity index (χ2n) is 4.69. The van der Waals surface area contributed by atoms with Gasteiger partial charge in [0.05, 0.1) is 0 Å². The van der Waals surface area contributed by atoms with Gasteiger partial charge in [-0.05, 0) is 26.0 Å². The van der Waals surface area contributed by atoms with Crippen LogP contribution in [0.15, 0.2) is 17.0 Å². The Morgan fingerprint density at radius 3 is 2.50 bits per heavy atom. The lowest BCUT2D eigenvalue weighted by molar-refractivity contribution is 0.291. The minimum Gasteiger partial charge on any atom is -0.316 e. The van der Waals surface area contributed by atoms with E-state index in [-0.39, 0.29) is 25.2 Å². The molecular weight excluding hydrogens is 293 g/mol. The van der Waals surface area contributed by atoms with Gasteiger partial charge >= 0.3 is 0 Å². The van der Waals surface area contributed by atoms with E-state index in [0.717, 1.165) is 10.7 Å². The van der Waals surface area contributed by atoms with Crippen LogP contribution in [0.25, 0.3) is 0 Å². The highest BCUT2D eigenvalue weighted by Crippen LogP contribution is 2.24. The molecule has 0 bridgehead atoms. The first kappa shape index (κ1) is 15.3. The molecule has 1 aromatic rings. The van der Waals surface area contributed by atoms with Crippen molar-refractivity contribution in [3.8, 4) is 0 Å². The van der Waals surface area contributed by atoms with Crippen LogP contribution < -0.4 is 5.32 Å². The number of likely N-dealkylation sites (N-methyl/N-ethyl adjacent to an activating group) is 1. The lowest BCUT2D eigenvalue weighted by atomic mass is 10.1. The van der Waals surface area contributed by atoms with Crippen molar-refractivity contribution in [3.63, 3.8) is 0 Å². The van der Waals surface area contributed by atoms with E-state index in [4.69, 9.17) is 0 Å². The van der Waals surface area contributed by atoms with Gasteiger partial charge < -0.3 is 5.32 Å². The summed E-state index contributed by atoms with van der Waals surface area (Å²) >= 11 is 0. The van der Waals surface area contributed by atoms with Crippen molar-refractivity contribution in [2.45, 2.75) is 23.8 Å². The summed E-state index contributed by atoms with van der Waals surface area (Å²) in [5, 5.41) is 2.96. The third-order valence-electron chi connectivity index (χ3n) is 3.39. The quantitative estimate of drug-likeness (QED) is 0.861. The number of halogens is 3. The van der Waals surface area contributed by atoms with Crippen molar-refractivity contribution in [2.24, 2.45) is 0 Å². The maximum Gasteiger partial charge on any atom is 0.246 e. The molecule has 2 rings (SSSR count). The summed E-state index contributed by atoms with van der Waals surface area (Å²) in [7, 11) is -2.46. The topological polar surface area (TPSA) is 49.4 Å². The third kappa shape index (κ3) is 2.82. The second kappa shape index (κ2) is 5.71. The van der Waals surface area contributed by atoms with Crippen LogP contribution in [0.4, 0.5) is 13.2 Å². The van der Waals surface area contributed by atoms with Crippen LogP contribution in [0, 0.1) is 17.5 Å². The van der Waals surface area contributed by atoms with Crippen LogP contribution in [0.2, 0.25) is 0 Å². The second-order valence-corrected chi connectivity index (χ2v) is 6.59. The molecule has 1 N–H and O–H groups in total. The summed E-state index contributed by atoms with van der Waals surface area (Å²) in [6.07, 6.45) is 1.43. The first-order valence-electron chi connectivity index (χ1n) is 6.18. The van der Waals surface area contributed by atoms with Gasteiger partial charge in [0.15, 0.2) is 11.6 Å². The summed E-state index contributed by atoms with van der Waals surface area (Å²) in [6, 6.07) is 0.608. The molecule has 4 nitrogen and oxygen atoms in total. The monoisotopic (exact) mass is 308 g/mol. The molecule has 1 aromatic carbocycles. The summed E-state index contributed by atoms with van der Waals surface area (Å²) < 4.78 is 65.4. The van der Waals surface area contributed by atoms with E-state index in [1.54, 1.807) is 7.05 Å². The molecule has 0 aliphatic carbocycles. The molecule has 1 saturated heterocycles. The van der Waals surface area contributed by atoms with Crippen LogP contribution in [0.3, 0.4) is 0 Å². The molecule has 0 radical (unpaired) electrons. The highest BCUT2D eigenvalue weighted by Gasteiger charge is 2.32. The molecule has 1 aliphatic rings. The normalized spacial score (nSPS) is 21.1. The van der Waals surface area contributed by atoms with Gasteiger partial charge in [0, 0.05) is 25.2 Å². The lowest BCUT2D eigenvalue weighted by Crippen LogP contribution is -2.47. The predicted molar refractivity (Wildman–Crippen MR) is 67.2 cm³/mol. The van der Waals surface area contributed by atoms with Crippen molar-refractivity contribution in [1.82, 2.24) is 9.62 Å². The zero-order valence-corrected chi connectivity index (χ0v) is 11.7. The van der Waals surface area contributed by atoms with Gasteiger partial charge in [0.2, 0.25) is 10.0 Å². The van der Waals surface area contributed by atoms with Crippen molar-refractivity contribution in [3.05, 3.63) is 29.6 Å². The fourth-order valence-corrected chi connectivity index (χ4v) is 3.82. The fraction of sp³-hybridized carbons (Fsp3) is 0.500. The van der Waals surface area contributed by atoms with Gasteiger partial charge in [-0.2, -0.15) is 4.31 Å². The standard InChI is InChI=1S/C12H15F3N2O2S/c1-16-8-3-2-4-17(7-8)20(18,19)12-6-10(14)9(13)5-11(12)15/h5-6,8,16H,2-4,7H2,1H3. The summed E-state index contributed by atoms with van der Waals surface area (Å²) in [4.78, 5) is -0.826. The van der Waals surface area contributed by atoms with Gasteiger partial charge in [-0.25, -0.2) is 21.6 Å². The molecule has 1 atom stereocenters. The van der Waals surface area contributed by atoms with E-state index in [1.165, 1.54) is 0 Å². The Morgan fingerprint density at radius 1 is 1.20 bits per heavy atom. The Bertz CT molecular complexity index is 607. The summed E-state index contributed by atoms with van der Waals surface area (Å²) in [5.74, 6) is -4.07. The zero-order chi connectivity index (χ0) is 14.9. The van der Waals surface area contributed by atoms with Gasteiger partial charge in [0.1, 0.15) is 10.7 Å². The largest absolute Gasteiger partial charge is 0.316 e. The number of piperidine rings is 1. The molecule has 20 heavy (non-hydrogen) atoms. The predicted octanol–water partition coefficient (Wildman–Crippen LogP) is 1.48. The first-order valence-corrected chi connectivity index (χ1v) is 7.62.